The number of aromatic nitrogens is 2. The molecule has 0 N–H and O–H groups in total. The summed E-state index contributed by atoms with van der Waals surface area (Å²) in [5.74, 6) is 1.74. The third-order valence-electron chi connectivity index (χ3n) is 4.58. The molecular weight excluding hydrogens is 387 g/mol. The second-order valence-electron chi connectivity index (χ2n) is 6.13. The number of rotatable bonds is 4. The van der Waals surface area contributed by atoms with E-state index in [1.807, 2.05) is 30.3 Å². The Morgan fingerprint density at radius 1 is 1.28 bits per heavy atom. The minimum Gasteiger partial charge on any atom is -0.454 e. The normalized spacial score (nSPS) is 21.5. The number of fused-ring (bicyclic) bond motifs is 1. The first-order valence-electron chi connectivity index (χ1n) is 8.24. The Balaban J connectivity index is 1.76. The summed E-state index contributed by atoms with van der Waals surface area (Å²) in [5, 5.41) is 4.63. The summed E-state index contributed by atoms with van der Waals surface area (Å²) in [6, 6.07) is 7.77. The zero-order chi connectivity index (χ0) is 17.4. The molecule has 4 rings (SSSR count). The van der Waals surface area contributed by atoms with Gasteiger partial charge in [-0.1, -0.05) is 41.1 Å². The van der Waals surface area contributed by atoms with Gasteiger partial charge in [-0.2, -0.15) is 5.10 Å². The summed E-state index contributed by atoms with van der Waals surface area (Å²) in [7, 11) is 0. The van der Waals surface area contributed by atoms with E-state index in [1.54, 1.807) is 4.68 Å². The van der Waals surface area contributed by atoms with Crippen LogP contribution in [-0.4, -0.2) is 28.1 Å². The van der Waals surface area contributed by atoms with Crippen LogP contribution in [0.1, 0.15) is 12.6 Å². The Morgan fingerprint density at radius 3 is 2.96 bits per heavy atom. The van der Waals surface area contributed by atoms with Crippen LogP contribution in [0.5, 0.6) is 11.5 Å². The number of hydrogen-bond acceptors (Lipinski definition) is 3. The number of hydrogen-bond donors (Lipinski definition) is 0. The molecule has 2 unspecified atom stereocenters. The highest BCUT2D eigenvalue weighted by Gasteiger charge is 2.24. The quantitative estimate of drug-likeness (QED) is 0.698. The maximum absolute atomic E-state index is 13.1. The Kier molecular flexibility index (Phi) is 4.37. The molecule has 2 heterocycles. The Bertz CT molecular complexity index is 859. The summed E-state index contributed by atoms with van der Waals surface area (Å²) in [5.41, 5.74) is 3.83. The highest BCUT2D eigenvalue weighted by molar-refractivity contribution is 9.09. The lowest BCUT2D eigenvalue weighted by Gasteiger charge is -2.22. The lowest BCUT2D eigenvalue weighted by molar-refractivity contribution is 0.174. The molecule has 0 bridgehead atoms. The van der Waals surface area contributed by atoms with Crippen LogP contribution in [0.25, 0.3) is 16.8 Å². The van der Waals surface area contributed by atoms with Crippen LogP contribution in [0.4, 0.5) is 4.39 Å². The number of allylic oxidation sites excluding steroid dienone is 4. The van der Waals surface area contributed by atoms with Crippen molar-refractivity contribution < 1.29 is 13.9 Å². The molecule has 2 aromatic rings. The number of aryl methyl sites for hydroxylation is 1. The Morgan fingerprint density at radius 2 is 2.12 bits per heavy atom. The summed E-state index contributed by atoms with van der Waals surface area (Å²) < 4.78 is 25.6. The zero-order valence-corrected chi connectivity index (χ0v) is 15.4. The average Bonchev–Trinajstić information content (AvgIpc) is 3.24. The highest BCUT2D eigenvalue weighted by atomic mass is 79.9. The maximum Gasteiger partial charge on any atom is 0.231 e. The van der Waals surface area contributed by atoms with Crippen molar-refractivity contribution in [2.75, 3.05) is 13.5 Å². The largest absolute Gasteiger partial charge is 0.454 e. The summed E-state index contributed by atoms with van der Waals surface area (Å²) in [6.45, 7) is 2.18. The van der Waals surface area contributed by atoms with Gasteiger partial charge in [-0.05, 0) is 35.8 Å². The van der Waals surface area contributed by atoms with E-state index in [1.165, 1.54) is 0 Å². The lowest BCUT2D eigenvalue weighted by Crippen LogP contribution is -2.16. The highest BCUT2D eigenvalue weighted by Crippen LogP contribution is 2.38. The van der Waals surface area contributed by atoms with Crippen LogP contribution in [0, 0.1) is 5.92 Å². The van der Waals surface area contributed by atoms with E-state index in [0.717, 1.165) is 28.3 Å². The molecule has 1 aromatic carbocycles. The van der Waals surface area contributed by atoms with Gasteiger partial charge in [0, 0.05) is 10.4 Å². The van der Waals surface area contributed by atoms with Gasteiger partial charge in [-0.25, -0.2) is 4.39 Å². The second-order valence-corrected chi connectivity index (χ2v) is 7.19. The summed E-state index contributed by atoms with van der Waals surface area (Å²) in [6.07, 6.45) is 6.22. The number of halogens is 2. The molecule has 0 saturated carbocycles. The number of nitrogens with zero attached hydrogens (tertiary/aromatic N) is 2. The first-order valence-corrected chi connectivity index (χ1v) is 9.15. The van der Waals surface area contributed by atoms with Gasteiger partial charge in [0.1, 0.15) is 6.67 Å². The van der Waals surface area contributed by atoms with Crippen LogP contribution < -0.4 is 9.47 Å². The van der Waals surface area contributed by atoms with Crippen molar-refractivity contribution in [3.05, 3.63) is 48.2 Å². The topological polar surface area (TPSA) is 36.3 Å². The number of benzene rings is 1. The predicted molar refractivity (Wildman–Crippen MR) is 98.8 cm³/mol. The minimum absolute atomic E-state index is 0.237. The van der Waals surface area contributed by atoms with Crippen molar-refractivity contribution >= 4 is 21.5 Å². The van der Waals surface area contributed by atoms with Crippen LogP contribution in [0.3, 0.4) is 0 Å². The molecule has 6 heteroatoms. The van der Waals surface area contributed by atoms with Gasteiger partial charge in [0.25, 0.3) is 0 Å². The minimum atomic E-state index is -0.454. The predicted octanol–water partition coefficient (Wildman–Crippen LogP) is 4.60. The van der Waals surface area contributed by atoms with Crippen molar-refractivity contribution in [1.29, 1.82) is 0 Å². The average molecular weight is 405 g/mol. The van der Waals surface area contributed by atoms with E-state index in [0.29, 0.717) is 5.75 Å². The van der Waals surface area contributed by atoms with Crippen molar-refractivity contribution in [2.45, 2.75) is 18.3 Å². The third kappa shape index (κ3) is 2.99. The fraction of sp³-hybridized carbons (Fsp3) is 0.316. The monoisotopic (exact) mass is 404 g/mol. The van der Waals surface area contributed by atoms with E-state index in [2.05, 4.69) is 40.1 Å². The Labute approximate surface area is 154 Å². The molecule has 0 fully saturated rings. The molecular formula is C19H18BrFN2O2. The van der Waals surface area contributed by atoms with Gasteiger partial charge in [-0.15, -0.1) is 0 Å². The molecule has 1 aliphatic carbocycles. The molecule has 0 radical (unpaired) electrons. The van der Waals surface area contributed by atoms with Crippen LogP contribution in [-0.2, 0) is 6.54 Å². The SMILES string of the molecule is CC1C(c2cc(-c3ccc4c(c3)OCO4)nn2CCF)=CC=CC1Br. The van der Waals surface area contributed by atoms with Crippen LogP contribution in [0.15, 0.2) is 42.5 Å². The third-order valence-corrected chi connectivity index (χ3v) is 5.68. The molecule has 0 spiro atoms. The van der Waals surface area contributed by atoms with Crippen molar-refractivity contribution in [2.24, 2.45) is 5.92 Å². The van der Waals surface area contributed by atoms with E-state index >= 15 is 0 Å². The van der Waals surface area contributed by atoms with E-state index in [9.17, 15) is 4.39 Å². The summed E-state index contributed by atoms with van der Waals surface area (Å²) >= 11 is 3.68. The smallest absolute Gasteiger partial charge is 0.231 e. The molecule has 25 heavy (non-hydrogen) atoms. The first kappa shape index (κ1) is 16.4. The van der Waals surface area contributed by atoms with E-state index in [4.69, 9.17) is 9.47 Å². The van der Waals surface area contributed by atoms with Gasteiger partial charge >= 0.3 is 0 Å². The maximum atomic E-state index is 13.1. The van der Waals surface area contributed by atoms with Crippen molar-refractivity contribution in [3.63, 3.8) is 0 Å². The van der Waals surface area contributed by atoms with Crippen molar-refractivity contribution in [3.8, 4) is 22.8 Å². The van der Waals surface area contributed by atoms with Gasteiger partial charge in [0.15, 0.2) is 11.5 Å². The fourth-order valence-electron chi connectivity index (χ4n) is 3.17. The molecule has 4 nitrogen and oxygen atoms in total. The Hall–Kier alpha value is -2.08. The molecule has 2 atom stereocenters. The second kappa shape index (κ2) is 6.67. The van der Waals surface area contributed by atoms with E-state index < -0.39 is 6.67 Å². The van der Waals surface area contributed by atoms with Gasteiger partial charge in [0.05, 0.1) is 17.9 Å². The molecule has 0 amide bonds. The standard InChI is InChI=1S/C19H18BrFN2O2/c1-12-14(3-2-4-15(12)20)17-10-16(22-23(17)8-7-21)13-5-6-18-19(9-13)25-11-24-18/h2-6,9-10,12,15H,7-8,11H2,1H3. The molecule has 2 aliphatic rings. The number of alkyl halides is 2. The number of ether oxygens (including phenoxy) is 2. The van der Waals surface area contributed by atoms with Crippen LogP contribution in [0.2, 0.25) is 0 Å². The van der Waals surface area contributed by atoms with Crippen LogP contribution >= 0.6 is 15.9 Å². The van der Waals surface area contributed by atoms with Crippen molar-refractivity contribution in [1.82, 2.24) is 9.78 Å². The molecule has 1 aromatic heterocycles. The zero-order valence-electron chi connectivity index (χ0n) is 13.8. The summed E-state index contributed by atoms with van der Waals surface area (Å²) in [4.78, 5) is 0.259. The fourth-order valence-corrected chi connectivity index (χ4v) is 3.63. The molecule has 1 aliphatic heterocycles. The molecule has 130 valence electrons. The van der Waals surface area contributed by atoms with Gasteiger partial charge in [-0.3, -0.25) is 4.68 Å². The van der Waals surface area contributed by atoms with Gasteiger partial charge < -0.3 is 9.47 Å². The van der Waals surface area contributed by atoms with Gasteiger partial charge in [0.2, 0.25) is 6.79 Å². The van der Waals surface area contributed by atoms with E-state index in [-0.39, 0.29) is 24.1 Å². The lowest BCUT2D eigenvalue weighted by atomic mass is 9.90. The first-order chi connectivity index (χ1) is 12.2. The molecule has 0 saturated heterocycles.